The summed E-state index contributed by atoms with van der Waals surface area (Å²) in [5, 5.41) is 7.51. The number of nitrogen functional groups attached to an aromatic ring is 1. The number of pyridine rings is 1. The van der Waals surface area contributed by atoms with Gasteiger partial charge in [0.1, 0.15) is 0 Å². The van der Waals surface area contributed by atoms with Gasteiger partial charge < -0.3 is 15.1 Å². The molecule has 2 rings (SSSR count). The molecule has 2 N–H and O–H groups in total. The third-order valence-corrected chi connectivity index (χ3v) is 2.38. The van der Waals surface area contributed by atoms with E-state index in [0.29, 0.717) is 12.6 Å². The van der Waals surface area contributed by atoms with Gasteiger partial charge in [-0.15, -0.1) is 0 Å². The molecule has 0 amide bonds. The van der Waals surface area contributed by atoms with Gasteiger partial charge in [-0.25, -0.2) is 0 Å². The quantitative estimate of drug-likeness (QED) is 0.859. The Morgan fingerprint density at radius 1 is 1.35 bits per heavy atom. The Bertz CT molecular complexity index is 496. The minimum Gasteiger partial charge on any atom is -0.390 e. The Balaban J connectivity index is 2.15. The topological polar surface area (TPSA) is 81.1 Å². The van der Waals surface area contributed by atoms with E-state index in [-0.39, 0.29) is 6.01 Å². The van der Waals surface area contributed by atoms with Crippen LogP contribution in [0, 0.1) is 6.92 Å². The number of aryl methyl sites for hydroxylation is 1. The molecule has 0 atom stereocenters. The van der Waals surface area contributed by atoms with Crippen LogP contribution in [0.3, 0.4) is 0 Å². The zero-order valence-corrected chi connectivity index (χ0v) is 9.92. The van der Waals surface area contributed by atoms with Crippen molar-refractivity contribution >= 4 is 12.0 Å². The molecule has 0 spiro atoms. The van der Waals surface area contributed by atoms with Crippen molar-refractivity contribution in [2.24, 2.45) is 0 Å². The van der Waals surface area contributed by atoms with Gasteiger partial charge in [-0.1, -0.05) is 16.3 Å². The van der Waals surface area contributed by atoms with Crippen molar-refractivity contribution in [3.8, 4) is 0 Å². The minimum absolute atomic E-state index is 0.0793. The molecule has 2 heterocycles. The van der Waals surface area contributed by atoms with Gasteiger partial charge in [-0.3, -0.25) is 4.98 Å². The lowest BCUT2D eigenvalue weighted by Crippen LogP contribution is -2.23. The van der Waals surface area contributed by atoms with Crippen molar-refractivity contribution < 1.29 is 4.42 Å². The summed E-state index contributed by atoms with van der Waals surface area (Å²) in [5.41, 5.74) is 7.36. The van der Waals surface area contributed by atoms with Crippen molar-refractivity contribution in [3.05, 3.63) is 29.6 Å². The van der Waals surface area contributed by atoms with Gasteiger partial charge in [0.15, 0.2) is 0 Å². The van der Waals surface area contributed by atoms with E-state index in [0.717, 1.165) is 17.9 Å². The predicted octanol–water partition coefficient (Wildman–Crippen LogP) is 1.38. The molecule has 0 bridgehead atoms. The standard InChI is InChI=1S/C11H15N5O/c1-3-16(11-15-14-10(12)17-11)7-9-6-4-5-8(2)13-9/h4-6H,3,7H2,1-2H3,(H2,12,14). The van der Waals surface area contributed by atoms with Crippen molar-refractivity contribution in [3.63, 3.8) is 0 Å². The molecule has 0 saturated carbocycles. The van der Waals surface area contributed by atoms with Crippen LogP contribution in [0.4, 0.5) is 12.0 Å². The van der Waals surface area contributed by atoms with E-state index in [9.17, 15) is 0 Å². The zero-order chi connectivity index (χ0) is 12.3. The number of hydrogen-bond acceptors (Lipinski definition) is 6. The highest BCUT2D eigenvalue weighted by Crippen LogP contribution is 2.15. The SMILES string of the molecule is CCN(Cc1cccc(C)n1)c1nnc(N)o1. The zero-order valence-electron chi connectivity index (χ0n) is 9.92. The summed E-state index contributed by atoms with van der Waals surface area (Å²) in [7, 11) is 0. The van der Waals surface area contributed by atoms with E-state index >= 15 is 0 Å². The van der Waals surface area contributed by atoms with Crippen LogP contribution in [0.2, 0.25) is 0 Å². The van der Waals surface area contributed by atoms with Crippen molar-refractivity contribution in [2.75, 3.05) is 17.2 Å². The lowest BCUT2D eigenvalue weighted by molar-refractivity contribution is 0.547. The molecule has 2 aromatic heterocycles. The van der Waals surface area contributed by atoms with E-state index in [1.807, 2.05) is 36.9 Å². The van der Waals surface area contributed by atoms with Crippen LogP contribution in [-0.4, -0.2) is 21.7 Å². The van der Waals surface area contributed by atoms with Crippen LogP contribution in [-0.2, 0) is 6.54 Å². The van der Waals surface area contributed by atoms with Crippen LogP contribution in [0.15, 0.2) is 22.6 Å². The molecule has 0 aliphatic heterocycles. The first-order valence-corrected chi connectivity index (χ1v) is 5.45. The number of aromatic nitrogens is 3. The fourth-order valence-corrected chi connectivity index (χ4v) is 1.55. The molecule has 0 aliphatic carbocycles. The maximum absolute atomic E-state index is 5.41. The molecular formula is C11H15N5O. The van der Waals surface area contributed by atoms with Crippen LogP contribution < -0.4 is 10.6 Å². The molecule has 2 aromatic rings. The number of nitrogens with zero attached hydrogens (tertiary/aromatic N) is 4. The molecule has 0 radical (unpaired) electrons. The first-order valence-electron chi connectivity index (χ1n) is 5.45. The number of hydrogen-bond donors (Lipinski definition) is 1. The predicted molar refractivity (Wildman–Crippen MR) is 64.4 cm³/mol. The maximum atomic E-state index is 5.41. The number of nitrogens with two attached hydrogens (primary N) is 1. The second-order valence-electron chi connectivity index (χ2n) is 3.71. The Morgan fingerprint density at radius 3 is 2.76 bits per heavy atom. The lowest BCUT2D eigenvalue weighted by atomic mass is 10.3. The van der Waals surface area contributed by atoms with Gasteiger partial charge in [-0.2, -0.15) is 0 Å². The average molecular weight is 233 g/mol. The largest absolute Gasteiger partial charge is 0.390 e. The van der Waals surface area contributed by atoms with Gasteiger partial charge in [0.2, 0.25) is 0 Å². The first kappa shape index (κ1) is 11.4. The molecule has 90 valence electrons. The summed E-state index contributed by atoms with van der Waals surface area (Å²) in [4.78, 5) is 6.35. The van der Waals surface area contributed by atoms with Crippen LogP contribution >= 0.6 is 0 Å². The molecule has 6 nitrogen and oxygen atoms in total. The molecule has 0 unspecified atom stereocenters. The average Bonchev–Trinajstić information content (AvgIpc) is 2.73. The third kappa shape index (κ3) is 2.72. The Labute approximate surface area is 99.5 Å². The van der Waals surface area contributed by atoms with Crippen molar-refractivity contribution in [1.29, 1.82) is 0 Å². The van der Waals surface area contributed by atoms with Crippen LogP contribution in [0.5, 0.6) is 0 Å². The van der Waals surface area contributed by atoms with E-state index < -0.39 is 0 Å². The van der Waals surface area contributed by atoms with E-state index in [2.05, 4.69) is 15.2 Å². The van der Waals surface area contributed by atoms with E-state index in [4.69, 9.17) is 10.2 Å². The molecule has 0 aliphatic rings. The maximum Gasteiger partial charge on any atom is 0.319 e. The van der Waals surface area contributed by atoms with Crippen LogP contribution in [0.25, 0.3) is 0 Å². The third-order valence-electron chi connectivity index (χ3n) is 2.38. The Kier molecular flexibility index (Phi) is 3.22. The van der Waals surface area contributed by atoms with Gasteiger partial charge in [0.05, 0.1) is 12.2 Å². The van der Waals surface area contributed by atoms with Crippen molar-refractivity contribution in [2.45, 2.75) is 20.4 Å². The summed E-state index contributed by atoms with van der Waals surface area (Å²) in [5.74, 6) is 0. The summed E-state index contributed by atoms with van der Waals surface area (Å²) in [6, 6.07) is 6.41. The van der Waals surface area contributed by atoms with Crippen LogP contribution in [0.1, 0.15) is 18.3 Å². The Hall–Kier alpha value is -2.11. The highest BCUT2D eigenvalue weighted by molar-refractivity contribution is 5.29. The van der Waals surface area contributed by atoms with Gasteiger partial charge >= 0.3 is 12.0 Å². The number of rotatable bonds is 4. The fraction of sp³-hybridized carbons (Fsp3) is 0.364. The highest BCUT2D eigenvalue weighted by atomic mass is 16.4. The second kappa shape index (κ2) is 4.82. The molecule has 17 heavy (non-hydrogen) atoms. The van der Waals surface area contributed by atoms with E-state index in [1.54, 1.807) is 0 Å². The Morgan fingerprint density at radius 2 is 2.18 bits per heavy atom. The summed E-state index contributed by atoms with van der Waals surface area (Å²) in [6.07, 6.45) is 0. The minimum atomic E-state index is 0.0793. The van der Waals surface area contributed by atoms with Gasteiger partial charge in [0.25, 0.3) is 0 Å². The normalized spacial score (nSPS) is 10.5. The van der Waals surface area contributed by atoms with E-state index in [1.165, 1.54) is 0 Å². The van der Waals surface area contributed by atoms with Gasteiger partial charge in [-0.05, 0) is 26.0 Å². The van der Waals surface area contributed by atoms with Gasteiger partial charge in [0, 0.05) is 12.2 Å². The monoisotopic (exact) mass is 233 g/mol. The summed E-state index contributed by atoms with van der Waals surface area (Å²) < 4.78 is 5.19. The molecular weight excluding hydrogens is 218 g/mol. The molecule has 0 aromatic carbocycles. The molecule has 6 heteroatoms. The highest BCUT2D eigenvalue weighted by Gasteiger charge is 2.12. The second-order valence-corrected chi connectivity index (χ2v) is 3.71. The smallest absolute Gasteiger partial charge is 0.319 e. The van der Waals surface area contributed by atoms with Crippen molar-refractivity contribution in [1.82, 2.24) is 15.2 Å². The molecule has 0 saturated heterocycles. The first-order chi connectivity index (χ1) is 8.19. The summed E-state index contributed by atoms with van der Waals surface area (Å²) >= 11 is 0. The lowest BCUT2D eigenvalue weighted by Gasteiger charge is -2.17. The summed E-state index contributed by atoms with van der Waals surface area (Å²) in [6.45, 7) is 5.34. The molecule has 0 fully saturated rings. The fourth-order valence-electron chi connectivity index (χ4n) is 1.55. The number of anilines is 2.